The van der Waals surface area contributed by atoms with E-state index in [-0.39, 0.29) is 11.5 Å². The highest BCUT2D eigenvalue weighted by molar-refractivity contribution is 6.43. The Morgan fingerprint density at radius 2 is 2.07 bits per heavy atom. The smallest absolute Gasteiger partial charge is 0.454 e. The van der Waals surface area contributed by atoms with Crippen molar-refractivity contribution in [3.63, 3.8) is 0 Å². The molecule has 3 aliphatic rings. The van der Waals surface area contributed by atoms with Gasteiger partial charge < -0.3 is 19.2 Å². The first-order chi connectivity index (χ1) is 13.2. The molecular weight excluding hydrogens is 341 g/mol. The molecule has 1 aromatic heterocycles. The van der Waals surface area contributed by atoms with Crippen LogP contribution in [0, 0.1) is 0 Å². The van der Waals surface area contributed by atoms with Crippen molar-refractivity contribution < 1.29 is 19.2 Å². The number of methoxy groups -OCH3 is 1. The average Bonchev–Trinajstić information content (AvgIpc) is 3.41. The van der Waals surface area contributed by atoms with Crippen molar-refractivity contribution in [3.05, 3.63) is 41.6 Å². The number of hydrogen-bond donors (Lipinski definition) is 1. The molecule has 1 saturated heterocycles. The average molecular weight is 365 g/mol. The highest BCUT2D eigenvalue weighted by Crippen LogP contribution is 2.51. The Bertz CT molecular complexity index is 865. The Labute approximate surface area is 159 Å². The van der Waals surface area contributed by atoms with Gasteiger partial charge >= 0.3 is 7.12 Å². The van der Waals surface area contributed by atoms with Crippen molar-refractivity contribution in [2.24, 2.45) is 0 Å². The lowest BCUT2D eigenvalue weighted by atomic mass is 9.81. The summed E-state index contributed by atoms with van der Waals surface area (Å²) in [5.41, 5.74) is 4.20. The zero-order valence-corrected chi connectivity index (χ0v) is 15.6. The first-order valence-electron chi connectivity index (χ1n) is 9.83. The molecule has 6 heteroatoms. The largest absolute Gasteiger partial charge is 0.493 e. The van der Waals surface area contributed by atoms with E-state index in [4.69, 9.17) is 19.1 Å². The SMILES string of the molecule is COc1ccc(-c2cccc(C3COB(O)C3)n2)c2c1OC1(CCCC1)C2. The van der Waals surface area contributed by atoms with Gasteiger partial charge in [-0.25, -0.2) is 0 Å². The zero-order chi connectivity index (χ0) is 18.4. The molecule has 2 aliphatic heterocycles. The summed E-state index contributed by atoms with van der Waals surface area (Å²) < 4.78 is 17.4. The molecule has 27 heavy (non-hydrogen) atoms. The van der Waals surface area contributed by atoms with Crippen LogP contribution in [0.25, 0.3) is 11.3 Å². The lowest BCUT2D eigenvalue weighted by molar-refractivity contribution is 0.0996. The lowest BCUT2D eigenvalue weighted by Gasteiger charge is -2.22. The Morgan fingerprint density at radius 1 is 1.22 bits per heavy atom. The summed E-state index contributed by atoms with van der Waals surface area (Å²) >= 11 is 0. The number of pyridine rings is 1. The van der Waals surface area contributed by atoms with E-state index < -0.39 is 7.12 Å². The van der Waals surface area contributed by atoms with Gasteiger partial charge in [-0.2, -0.15) is 0 Å². The van der Waals surface area contributed by atoms with Crippen LogP contribution in [0.3, 0.4) is 0 Å². The van der Waals surface area contributed by atoms with E-state index in [2.05, 4.69) is 12.1 Å². The number of hydrogen-bond acceptors (Lipinski definition) is 5. The molecule has 0 radical (unpaired) electrons. The fourth-order valence-corrected chi connectivity index (χ4v) is 4.81. The van der Waals surface area contributed by atoms with Crippen LogP contribution in [0.15, 0.2) is 30.3 Å². The minimum absolute atomic E-state index is 0.0628. The van der Waals surface area contributed by atoms with E-state index in [0.717, 1.165) is 47.7 Å². The van der Waals surface area contributed by atoms with E-state index in [1.165, 1.54) is 18.4 Å². The van der Waals surface area contributed by atoms with Gasteiger partial charge in [0.25, 0.3) is 0 Å². The normalized spacial score (nSPS) is 22.9. The maximum atomic E-state index is 9.67. The molecule has 1 atom stereocenters. The molecule has 1 unspecified atom stereocenters. The molecule has 1 spiro atoms. The number of benzene rings is 1. The maximum absolute atomic E-state index is 9.67. The summed E-state index contributed by atoms with van der Waals surface area (Å²) in [5, 5.41) is 9.67. The standard InChI is InChI=1S/C21H24BNO4/c1-25-19-8-7-15(16-11-21(27-20(16)19)9-2-3-10-21)18-6-4-5-17(23-18)14-12-22(24)26-13-14/h4-8,14,24H,2-3,9-13H2,1H3. The molecule has 1 aliphatic carbocycles. The van der Waals surface area contributed by atoms with Gasteiger partial charge in [0.05, 0.1) is 12.8 Å². The first kappa shape index (κ1) is 17.1. The van der Waals surface area contributed by atoms with E-state index in [1.807, 2.05) is 18.2 Å². The molecule has 3 heterocycles. The molecule has 0 bridgehead atoms. The van der Waals surface area contributed by atoms with Crippen molar-refractivity contribution in [2.45, 2.75) is 49.9 Å². The lowest BCUT2D eigenvalue weighted by Crippen LogP contribution is -2.30. The van der Waals surface area contributed by atoms with Crippen LogP contribution >= 0.6 is 0 Å². The molecule has 1 N–H and O–H groups in total. The van der Waals surface area contributed by atoms with E-state index in [1.54, 1.807) is 7.11 Å². The summed E-state index contributed by atoms with van der Waals surface area (Å²) in [6.07, 6.45) is 6.19. The number of rotatable bonds is 3. The summed E-state index contributed by atoms with van der Waals surface area (Å²) in [5.74, 6) is 1.84. The zero-order valence-electron chi connectivity index (χ0n) is 15.6. The van der Waals surface area contributed by atoms with Gasteiger partial charge in [-0.1, -0.05) is 6.07 Å². The van der Waals surface area contributed by atoms with Crippen molar-refractivity contribution >= 4 is 7.12 Å². The van der Waals surface area contributed by atoms with Crippen LogP contribution in [0.5, 0.6) is 11.5 Å². The van der Waals surface area contributed by atoms with Gasteiger partial charge in [0, 0.05) is 35.8 Å². The van der Waals surface area contributed by atoms with Crippen molar-refractivity contribution in [1.82, 2.24) is 4.98 Å². The number of aromatic nitrogens is 1. The van der Waals surface area contributed by atoms with Gasteiger partial charge in [-0.3, -0.25) is 4.98 Å². The molecule has 0 amide bonds. The van der Waals surface area contributed by atoms with Gasteiger partial charge in [0.2, 0.25) is 0 Å². The fourth-order valence-electron chi connectivity index (χ4n) is 4.81. The Balaban J connectivity index is 1.54. The third-order valence-corrected chi connectivity index (χ3v) is 6.22. The van der Waals surface area contributed by atoms with E-state index >= 15 is 0 Å². The molecule has 2 fully saturated rings. The summed E-state index contributed by atoms with van der Waals surface area (Å²) in [6.45, 7) is 0.518. The van der Waals surface area contributed by atoms with E-state index in [0.29, 0.717) is 12.9 Å². The van der Waals surface area contributed by atoms with Gasteiger partial charge in [-0.05, 0) is 56.3 Å². The maximum Gasteiger partial charge on any atom is 0.454 e. The third-order valence-electron chi connectivity index (χ3n) is 6.22. The fraction of sp³-hybridized carbons (Fsp3) is 0.476. The van der Waals surface area contributed by atoms with Crippen LogP contribution in [0.2, 0.25) is 6.32 Å². The topological polar surface area (TPSA) is 60.8 Å². The predicted octanol–water partition coefficient (Wildman–Crippen LogP) is 3.60. The number of fused-ring (bicyclic) bond motifs is 1. The van der Waals surface area contributed by atoms with Crippen molar-refractivity contribution in [2.75, 3.05) is 13.7 Å². The second kappa shape index (κ2) is 6.53. The summed E-state index contributed by atoms with van der Waals surface area (Å²) in [6, 6.07) is 10.2. The molecule has 2 aromatic rings. The van der Waals surface area contributed by atoms with Crippen LogP contribution in [-0.2, 0) is 11.1 Å². The molecule has 140 valence electrons. The van der Waals surface area contributed by atoms with Gasteiger partial charge in [0.1, 0.15) is 5.60 Å². The monoisotopic (exact) mass is 365 g/mol. The molecule has 5 rings (SSSR count). The molecule has 5 nitrogen and oxygen atoms in total. The quantitative estimate of drug-likeness (QED) is 0.843. The Morgan fingerprint density at radius 3 is 2.81 bits per heavy atom. The molecular formula is C21H24BNO4. The minimum Gasteiger partial charge on any atom is -0.493 e. The second-order valence-electron chi connectivity index (χ2n) is 7.96. The number of ether oxygens (including phenoxy) is 2. The van der Waals surface area contributed by atoms with Crippen LogP contribution in [-0.4, -0.2) is 36.4 Å². The predicted molar refractivity (Wildman–Crippen MR) is 103 cm³/mol. The highest BCUT2D eigenvalue weighted by Gasteiger charge is 2.44. The van der Waals surface area contributed by atoms with Gasteiger partial charge in [0.15, 0.2) is 11.5 Å². The molecule has 1 saturated carbocycles. The third kappa shape index (κ3) is 2.91. The van der Waals surface area contributed by atoms with Crippen LogP contribution in [0.1, 0.15) is 42.9 Å². The minimum atomic E-state index is -0.679. The Kier molecular flexibility index (Phi) is 4.13. The van der Waals surface area contributed by atoms with Crippen LogP contribution in [0.4, 0.5) is 0 Å². The van der Waals surface area contributed by atoms with Crippen LogP contribution < -0.4 is 9.47 Å². The van der Waals surface area contributed by atoms with Crippen molar-refractivity contribution in [1.29, 1.82) is 0 Å². The number of nitrogens with zero attached hydrogens (tertiary/aromatic N) is 1. The van der Waals surface area contributed by atoms with E-state index in [9.17, 15) is 5.02 Å². The Hall–Kier alpha value is -2.05. The van der Waals surface area contributed by atoms with Gasteiger partial charge in [-0.15, -0.1) is 0 Å². The first-order valence-corrected chi connectivity index (χ1v) is 9.83. The summed E-state index contributed by atoms with van der Waals surface area (Å²) in [7, 11) is 1.02. The second-order valence-corrected chi connectivity index (χ2v) is 7.96. The van der Waals surface area contributed by atoms with Crippen molar-refractivity contribution in [3.8, 4) is 22.8 Å². The highest BCUT2D eigenvalue weighted by atomic mass is 16.5. The molecule has 1 aromatic carbocycles. The summed E-state index contributed by atoms with van der Waals surface area (Å²) in [4.78, 5) is 4.92.